The molecule has 0 aliphatic carbocycles. The van der Waals surface area contributed by atoms with Crippen molar-refractivity contribution in [3.8, 4) is 11.3 Å². The number of carbonyl (C=O) groups excluding carboxylic acids is 1. The molecule has 2 amide bonds. The Morgan fingerprint density at radius 3 is 2.93 bits per heavy atom. The highest BCUT2D eigenvalue weighted by Crippen LogP contribution is 2.29. The molecule has 0 spiro atoms. The summed E-state index contributed by atoms with van der Waals surface area (Å²) in [5, 5.41) is 7.28. The smallest absolute Gasteiger partial charge is 0.321 e. The third-order valence-corrected chi connectivity index (χ3v) is 4.76. The van der Waals surface area contributed by atoms with Gasteiger partial charge in [0.05, 0.1) is 24.9 Å². The van der Waals surface area contributed by atoms with E-state index >= 15 is 0 Å². The van der Waals surface area contributed by atoms with E-state index in [2.05, 4.69) is 10.4 Å². The molecular formula is C21H24N4O3. The van der Waals surface area contributed by atoms with Crippen molar-refractivity contribution in [1.82, 2.24) is 14.7 Å². The number of benzene rings is 1. The number of hydrogen-bond donors (Lipinski definition) is 1. The summed E-state index contributed by atoms with van der Waals surface area (Å²) in [6.07, 6.45) is 4.37. The van der Waals surface area contributed by atoms with Crippen molar-refractivity contribution in [3.63, 3.8) is 0 Å². The second-order valence-electron chi connectivity index (χ2n) is 6.91. The summed E-state index contributed by atoms with van der Waals surface area (Å²) < 4.78 is 13.5. The minimum absolute atomic E-state index is 0.0869. The van der Waals surface area contributed by atoms with Crippen LogP contribution in [0.2, 0.25) is 0 Å². The van der Waals surface area contributed by atoms with Gasteiger partial charge in [-0.05, 0) is 43.7 Å². The summed E-state index contributed by atoms with van der Waals surface area (Å²) in [6, 6.07) is 13.3. The fraction of sp³-hybridized carbons (Fsp3) is 0.333. The lowest BCUT2D eigenvalue weighted by atomic mass is 10.1. The number of ether oxygens (including phenoxy) is 1. The third kappa shape index (κ3) is 4.26. The first-order valence-electron chi connectivity index (χ1n) is 9.50. The molecule has 4 rings (SSSR count). The average Bonchev–Trinajstić information content (AvgIpc) is 3.30. The first-order chi connectivity index (χ1) is 13.7. The molecule has 7 nitrogen and oxygen atoms in total. The molecule has 3 aromatic rings. The van der Waals surface area contributed by atoms with Crippen LogP contribution in [0.4, 0.5) is 10.5 Å². The number of nitrogens with zero attached hydrogens (tertiary/aromatic N) is 3. The van der Waals surface area contributed by atoms with Gasteiger partial charge in [-0.2, -0.15) is 5.10 Å². The van der Waals surface area contributed by atoms with Crippen molar-refractivity contribution >= 4 is 11.7 Å². The summed E-state index contributed by atoms with van der Waals surface area (Å²) in [6.45, 7) is 4.34. The van der Waals surface area contributed by atoms with Crippen LogP contribution in [0.15, 0.2) is 59.3 Å². The number of urea groups is 1. The van der Waals surface area contributed by atoms with E-state index in [4.69, 9.17) is 9.15 Å². The Morgan fingerprint density at radius 2 is 2.14 bits per heavy atom. The first kappa shape index (κ1) is 18.3. The Labute approximate surface area is 163 Å². The standard InChI is InChI=1S/C21H24N4O3/c1-16-8-9-20(28-16)18-6-2-3-7-19(18)23-21(26)24-11-5-13-27-17(14-24)15-25-12-4-10-22-25/h2-4,6-10,12,17H,5,11,13-15H2,1H3,(H,23,26)/t17-/m0/s1. The van der Waals surface area contributed by atoms with Gasteiger partial charge in [-0.15, -0.1) is 0 Å². The van der Waals surface area contributed by atoms with Crippen molar-refractivity contribution in [3.05, 3.63) is 60.6 Å². The zero-order chi connectivity index (χ0) is 19.3. The Balaban J connectivity index is 1.47. The first-order valence-corrected chi connectivity index (χ1v) is 9.50. The number of hydrogen-bond acceptors (Lipinski definition) is 4. The van der Waals surface area contributed by atoms with Gasteiger partial charge in [0.2, 0.25) is 0 Å². The minimum Gasteiger partial charge on any atom is -0.461 e. The van der Waals surface area contributed by atoms with Crippen LogP contribution in [0.1, 0.15) is 12.2 Å². The zero-order valence-electron chi connectivity index (χ0n) is 15.9. The van der Waals surface area contributed by atoms with Crippen LogP contribution >= 0.6 is 0 Å². The molecule has 1 aliphatic rings. The number of para-hydroxylation sites is 1. The van der Waals surface area contributed by atoms with Gasteiger partial charge in [-0.3, -0.25) is 4.68 Å². The number of aromatic nitrogens is 2. The highest BCUT2D eigenvalue weighted by molar-refractivity contribution is 5.93. The summed E-state index contributed by atoms with van der Waals surface area (Å²) >= 11 is 0. The molecule has 1 N–H and O–H groups in total. The molecule has 0 unspecified atom stereocenters. The van der Waals surface area contributed by atoms with E-state index in [0.29, 0.717) is 26.2 Å². The van der Waals surface area contributed by atoms with Crippen LogP contribution in [-0.4, -0.2) is 46.5 Å². The van der Waals surface area contributed by atoms with Crippen LogP contribution in [-0.2, 0) is 11.3 Å². The van der Waals surface area contributed by atoms with Gasteiger partial charge in [-0.1, -0.05) is 12.1 Å². The van der Waals surface area contributed by atoms with Crippen molar-refractivity contribution in [2.45, 2.75) is 26.0 Å². The predicted molar refractivity (Wildman–Crippen MR) is 106 cm³/mol. The van der Waals surface area contributed by atoms with E-state index in [-0.39, 0.29) is 12.1 Å². The lowest BCUT2D eigenvalue weighted by Gasteiger charge is -2.24. The second kappa shape index (κ2) is 8.31. The number of furan rings is 1. The Hall–Kier alpha value is -3.06. The molecule has 7 heteroatoms. The maximum absolute atomic E-state index is 13.0. The molecule has 0 bridgehead atoms. The molecule has 1 saturated heterocycles. The number of anilines is 1. The Kier molecular flexibility index (Phi) is 5.43. The topological polar surface area (TPSA) is 72.5 Å². The number of nitrogens with one attached hydrogen (secondary N) is 1. The van der Waals surface area contributed by atoms with Crippen LogP contribution in [0, 0.1) is 6.92 Å². The molecule has 1 atom stereocenters. The minimum atomic E-state index is -0.133. The quantitative estimate of drug-likeness (QED) is 0.748. The van der Waals surface area contributed by atoms with Gasteiger partial charge in [0.1, 0.15) is 11.5 Å². The zero-order valence-corrected chi connectivity index (χ0v) is 15.9. The van der Waals surface area contributed by atoms with E-state index in [9.17, 15) is 4.79 Å². The molecule has 1 aliphatic heterocycles. The van der Waals surface area contributed by atoms with Crippen LogP contribution in [0.3, 0.4) is 0 Å². The van der Waals surface area contributed by atoms with Gasteiger partial charge >= 0.3 is 6.03 Å². The van der Waals surface area contributed by atoms with Gasteiger partial charge in [-0.25, -0.2) is 4.79 Å². The average molecular weight is 380 g/mol. The third-order valence-electron chi connectivity index (χ3n) is 4.76. The van der Waals surface area contributed by atoms with Gasteiger partial charge in [0.25, 0.3) is 0 Å². The Morgan fingerprint density at radius 1 is 1.25 bits per heavy atom. The highest BCUT2D eigenvalue weighted by atomic mass is 16.5. The van der Waals surface area contributed by atoms with Crippen LogP contribution in [0.25, 0.3) is 11.3 Å². The van der Waals surface area contributed by atoms with Gasteiger partial charge in [0, 0.05) is 31.1 Å². The predicted octanol–water partition coefficient (Wildman–Crippen LogP) is 3.77. The maximum Gasteiger partial charge on any atom is 0.321 e. The van der Waals surface area contributed by atoms with Crippen molar-refractivity contribution in [2.24, 2.45) is 0 Å². The fourth-order valence-electron chi connectivity index (χ4n) is 3.39. The molecule has 146 valence electrons. The highest BCUT2D eigenvalue weighted by Gasteiger charge is 2.24. The van der Waals surface area contributed by atoms with E-state index in [1.165, 1.54) is 0 Å². The Bertz CT molecular complexity index is 919. The molecule has 1 aromatic carbocycles. The van der Waals surface area contributed by atoms with Gasteiger partial charge < -0.3 is 19.4 Å². The number of rotatable bonds is 4. The fourth-order valence-corrected chi connectivity index (χ4v) is 3.39. The van der Waals surface area contributed by atoms with Crippen molar-refractivity contribution in [1.29, 1.82) is 0 Å². The molecule has 3 heterocycles. The number of carbonyl (C=O) groups is 1. The second-order valence-corrected chi connectivity index (χ2v) is 6.91. The molecule has 1 fully saturated rings. The maximum atomic E-state index is 13.0. The summed E-state index contributed by atoms with van der Waals surface area (Å²) in [5.74, 6) is 1.58. The van der Waals surface area contributed by atoms with E-state index in [1.54, 1.807) is 6.20 Å². The number of aryl methyl sites for hydroxylation is 1. The molecule has 2 aromatic heterocycles. The molecule has 28 heavy (non-hydrogen) atoms. The lowest BCUT2D eigenvalue weighted by molar-refractivity contribution is 0.0442. The normalized spacial score (nSPS) is 17.3. The molecule has 0 radical (unpaired) electrons. The molecule has 0 saturated carbocycles. The summed E-state index contributed by atoms with van der Waals surface area (Å²) in [5.41, 5.74) is 1.60. The lowest BCUT2D eigenvalue weighted by Crippen LogP contribution is -2.41. The molecular weight excluding hydrogens is 356 g/mol. The van der Waals surface area contributed by atoms with Crippen LogP contribution < -0.4 is 5.32 Å². The van der Waals surface area contributed by atoms with Crippen molar-refractivity contribution < 1.29 is 13.9 Å². The van der Waals surface area contributed by atoms with Crippen LogP contribution in [0.5, 0.6) is 0 Å². The van der Waals surface area contributed by atoms with Crippen molar-refractivity contribution in [2.75, 3.05) is 25.0 Å². The monoisotopic (exact) mass is 380 g/mol. The summed E-state index contributed by atoms with van der Waals surface area (Å²) in [4.78, 5) is 14.8. The SMILES string of the molecule is Cc1ccc(-c2ccccc2NC(=O)N2CCCO[C@H](Cn3cccn3)C2)o1. The van der Waals surface area contributed by atoms with E-state index in [0.717, 1.165) is 29.2 Å². The van der Waals surface area contributed by atoms with E-state index < -0.39 is 0 Å². The van der Waals surface area contributed by atoms with E-state index in [1.807, 2.05) is 65.2 Å². The summed E-state index contributed by atoms with van der Waals surface area (Å²) in [7, 11) is 0. The number of amides is 2. The van der Waals surface area contributed by atoms with Gasteiger partial charge in [0.15, 0.2) is 0 Å². The largest absolute Gasteiger partial charge is 0.461 e.